The smallest absolute Gasteiger partial charge is 0.0763 e. The van der Waals surface area contributed by atoms with Crippen LogP contribution < -0.4 is 0 Å². The van der Waals surface area contributed by atoms with Gasteiger partial charge in [0.2, 0.25) is 0 Å². The highest BCUT2D eigenvalue weighted by Gasteiger charge is 2.00. The summed E-state index contributed by atoms with van der Waals surface area (Å²) >= 11 is 0. The van der Waals surface area contributed by atoms with Crippen molar-refractivity contribution < 1.29 is 5.11 Å². The maximum atomic E-state index is 9.13. The zero-order valence-electron chi connectivity index (χ0n) is 8.54. The summed E-state index contributed by atoms with van der Waals surface area (Å²) in [7, 11) is 0. The fourth-order valence-electron chi connectivity index (χ4n) is 1.27. The van der Waals surface area contributed by atoms with Crippen LogP contribution >= 0.6 is 0 Å². The SMILES string of the molecule is CC#C/C(CO)=C(/C)c1ccccc1. The van der Waals surface area contributed by atoms with Crippen LogP contribution in [0.2, 0.25) is 0 Å². The second-order valence-corrected chi connectivity index (χ2v) is 3.00. The number of hydrogen-bond acceptors (Lipinski definition) is 1. The quantitative estimate of drug-likeness (QED) is 0.703. The van der Waals surface area contributed by atoms with Gasteiger partial charge in [0.15, 0.2) is 0 Å². The molecule has 0 aliphatic carbocycles. The number of aliphatic hydroxyl groups is 1. The minimum absolute atomic E-state index is 0.00156. The van der Waals surface area contributed by atoms with Crippen LogP contribution in [0.4, 0.5) is 0 Å². The maximum Gasteiger partial charge on any atom is 0.0763 e. The Bertz CT molecular complexity index is 377. The lowest BCUT2D eigenvalue weighted by Crippen LogP contribution is -1.92. The molecule has 14 heavy (non-hydrogen) atoms. The van der Waals surface area contributed by atoms with Crippen molar-refractivity contribution in [3.05, 3.63) is 41.5 Å². The van der Waals surface area contributed by atoms with Gasteiger partial charge in [0.1, 0.15) is 0 Å². The molecule has 0 spiro atoms. The lowest BCUT2D eigenvalue weighted by molar-refractivity contribution is 0.336. The Morgan fingerprint density at radius 3 is 2.43 bits per heavy atom. The summed E-state index contributed by atoms with van der Waals surface area (Å²) < 4.78 is 0. The highest BCUT2D eigenvalue weighted by molar-refractivity contribution is 5.70. The second-order valence-electron chi connectivity index (χ2n) is 3.00. The van der Waals surface area contributed by atoms with E-state index in [2.05, 4.69) is 11.8 Å². The summed E-state index contributed by atoms with van der Waals surface area (Å²) in [5, 5.41) is 9.13. The number of benzene rings is 1. The molecule has 0 aromatic heterocycles. The van der Waals surface area contributed by atoms with Crippen LogP contribution in [-0.4, -0.2) is 11.7 Å². The molecule has 0 heterocycles. The largest absolute Gasteiger partial charge is 0.391 e. The first-order chi connectivity index (χ1) is 6.79. The molecule has 1 rings (SSSR count). The van der Waals surface area contributed by atoms with Gasteiger partial charge in [-0.2, -0.15) is 0 Å². The highest BCUT2D eigenvalue weighted by atomic mass is 16.3. The molecule has 1 nitrogen and oxygen atoms in total. The van der Waals surface area contributed by atoms with E-state index in [9.17, 15) is 0 Å². The molecule has 0 fully saturated rings. The van der Waals surface area contributed by atoms with E-state index < -0.39 is 0 Å². The topological polar surface area (TPSA) is 20.2 Å². The van der Waals surface area contributed by atoms with Gasteiger partial charge in [-0.05, 0) is 25.0 Å². The Morgan fingerprint density at radius 1 is 1.29 bits per heavy atom. The molecule has 0 radical (unpaired) electrons. The van der Waals surface area contributed by atoms with Crippen molar-refractivity contribution in [1.29, 1.82) is 0 Å². The predicted octanol–water partition coefficient (Wildman–Crippen LogP) is 2.48. The Balaban J connectivity index is 3.12. The summed E-state index contributed by atoms with van der Waals surface area (Å²) in [6, 6.07) is 9.96. The summed E-state index contributed by atoms with van der Waals surface area (Å²) in [6.45, 7) is 3.75. The molecule has 0 saturated heterocycles. The molecule has 0 unspecified atom stereocenters. The summed E-state index contributed by atoms with van der Waals surface area (Å²) in [5.74, 6) is 5.71. The number of rotatable bonds is 2. The van der Waals surface area contributed by atoms with E-state index in [1.807, 2.05) is 37.3 Å². The van der Waals surface area contributed by atoms with Gasteiger partial charge in [-0.25, -0.2) is 0 Å². The fraction of sp³-hybridized carbons (Fsp3) is 0.231. The van der Waals surface area contributed by atoms with Gasteiger partial charge in [0, 0.05) is 5.57 Å². The van der Waals surface area contributed by atoms with Gasteiger partial charge in [-0.3, -0.25) is 0 Å². The molecule has 0 aliphatic heterocycles. The molecular formula is C13H14O. The summed E-state index contributed by atoms with van der Waals surface area (Å²) in [6.07, 6.45) is 0. The maximum absolute atomic E-state index is 9.13. The van der Waals surface area contributed by atoms with E-state index >= 15 is 0 Å². The minimum Gasteiger partial charge on any atom is -0.391 e. The van der Waals surface area contributed by atoms with E-state index in [4.69, 9.17) is 5.11 Å². The second kappa shape index (κ2) is 5.26. The van der Waals surface area contributed by atoms with Gasteiger partial charge in [-0.15, -0.1) is 5.92 Å². The zero-order chi connectivity index (χ0) is 10.4. The van der Waals surface area contributed by atoms with Gasteiger partial charge < -0.3 is 5.11 Å². The first kappa shape index (κ1) is 10.6. The molecule has 0 aliphatic rings. The van der Waals surface area contributed by atoms with Crippen LogP contribution in [0.25, 0.3) is 5.57 Å². The van der Waals surface area contributed by atoms with Crippen molar-refractivity contribution in [3.63, 3.8) is 0 Å². The Kier molecular flexibility index (Phi) is 3.97. The van der Waals surface area contributed by atoms with Gasteiger partial charge in [-0.1, -0.05) is 36.3 Å². The summed E-state index contributed by atoms with van der Waals surface area (Å²) in [5.41, 5.74) is 2.94. The molecule has 1 N–H and O–H groups in total. The lowest BCUT2D eigenvalue weighted by atomic mass is 10.0. The number of hydrogen-bond donors (Lipinski definition) is 1. The van der Waals surface area contributed by atoms with Crippen molar-refractivity contribution in [3.8, 4) is 11.8 Å². The molecule has 1 aromatic rings. The Morgan fingerprint density at radius 2 is 1.93 bits per heavy atom. The Labute approximate surface area is 85.1 Å². The first-order valence-corrected chi connectivity index (χ1v) is 4.58. The van der Waals surface area contributed by atoms with E-state index in [1.165, 1.54) is 0 Å². The third-order valence-corrected chi connectivity index (χ3v) is 2.09. The fourth-order valence-corrected chi connectivity index (χ4v) is 1.27. The van der Waals surface area contributed by atoms with Gasteiger partial charge in [0.25, 0.3) is 0 Å². The zero-order valence-corrected chi connectivity index (χ0v) is 8.54. The monoisotopic (exact) mass is 186 g/mol. The molecule has 0 atom stereocenters. The van der Waals surface area contributed by atoms with Crippen LogP contribution in [0.1, 0.15) is 19.4 Å². The van der Waals surface area contributed by atoms with Crippen molar-refractivity contribution in [1.82, 2.24) is 0 Å². The molecule has 72 valence electrons. The molecular weight excluding hydrogens is 172 g/mol. The van der Waals surface area contributed by atoms with Crippen molar-refractivity contribution >= 4 is 5.57 Å². The number of allylic oxidation sites excluding steroid dienone is 1. The van der Waals surface area contributed by atoms with Crippen LogP contribution in [-0.2, 0) is 0 Å². The normalized spacial score (nSPS) is 11.4. The Hall–Kier alpha value is -1.52. The van der Waals surface area contributed by atoms with E-state index in [0.29, 0.717) is 0 Å². The summed E-state index contributed by atoms with van der Waals surface area (Å²) in [4.78, 5) is 0. The average molecular weight is 186 g/mol. The van der Waals surface area contributed by atoms with Crippen LogP contribution in [0.15, 0.2) is 35.9 Å². The molecule has 0 amide bonds. The molecule has 0 bridgehead atoms. The van der Waals surface area contributed by atoms with Crippen molar-refractivity contribution in [2.45, 2.75) is 13.8 Å². The van der Waals surface area contributed by atoms with Gasteiger partial charge >= 0.3 is 0 Å². The third-order valence-electron chi connectivity index (χ3n) is 2.09. The molecule has 1 heteroatoms. The van der Waals surface area contributed by atoms with E-state index in [0.717, 1.165) is 16.7 Å². The van der Waals surface area contributed by atoms with E-state index in [-0.39, 0.29) is 6.61 Å². The lowest BCUT2D eigenvalue weighted by Gasteiger charge is -2.04. The van der Waals surface area contributed by atoms with Crippen molar-refractivity contribution in [2.24, 2.45) is 0 Å². The van der Waals surface area contributed by atoms with Crippen molar-refractivity contribution in [2.75, 3.05) is 6.61 Å². The van der Waals surface area contributed by atoms with Crippen LogP contribution in [0.3, 0.4) is 0 Å². The molecule has 1 aromatic carbocycles. The van der Waals surface area contributed by atoms with Crippen LogP contribution in [0.5, 0.6) is 0 Å². The minimum atomic E-state index is 0.00156. The van der Waals surface area contributed by atoms with Gasteiger partial charge in [0.05, 0.1) is 6.61 Å². The van der Waals surface area contributed by atoms with Crippen LogP contribution in [0, 0.1) is 11.8 Å². The molecule has 0 saturated carbocycles. The van der Waals surface area contributed by atoms with E-state index in [1.54, 1.807) is 6.92 Å². The first-order valence-electron chi connectivity index (χ1n) is 4.58. The standard InChI is InChI=1S/C13H14O/c1-3-7-13(10-14)11(2)12-8-5-4-6-9-12/h4-6,8-9,14H,10H2,1-2H3/b13-11+. The third kappa shape index (κ3) is 2.48. The average Bonchev–Trinajstić information content (AvgIpc) is 2.26. The highest BCUT2D eigenvalue weighted by Crippen LogP contribution is 2.16. The predicted molar refractivity (Wildman–Crippen MR) is 59.6 cm³/mol. The number of aliphatic hydroxyl groups excluding tert-OH is 1.